The molecule has 116 valence electrons. The predicted molar refractivity (Wildman–Crippen MR) is 77.7 cm³/mol. The van der Waals surface area contributed by atoms with Crippen LogP contribution in [0.4, 0.5) is 0 Å². The predicted octanol–water partition coefficient (Wildman–Crippen LogP) is 1.99. The summed E-state index contributed by atoms with van der Waals surface area (Å²) in [5, 5.41) is 0. The van der Waals surface area contributed by atoms with Gasteiger partial charge < -0.3 is 14.2 Å². The lowest BCUT2D eigenvalue weighted by atomic mass is 10.2. The van der Waals surface area contributed by atoms with Gasteiger partial charge in [0, 0.05) is 6.42 Å². The Kier molecular flexibility index (Phi) is 8.12. The Morgan fingerprint density at radius 3 is 2.24 bits per heavy atom. The van der Waals surface area contributed by atoms with Crippen molar-refractivity contribution in [2.45, 2.75) is 20.3 Å². The molecule has 0 amide bonds. The summed E-state index contributed by atoms with van der Waals surface area (Å²) in [6, 6.07) is 9.73. The van der Waals surface area contributed by atoms with Crippen LogP contribution in [-0.4, -0.2) is 38.4 Å². The van der Waals surface area contributed by atoms with E-state index in [0.29, 0.717) is 19.6 Å². The zero-order chi connectivity index (χ0) is 15.5. The minimum absolute atomic E-state index is 0.236. The molecule has 0 radical (unpaired) electrons. The first kappa shape index (κ1) is 17.2. The molecule has 0 spiro atoms. The van der Waals surface area contributed by atoms with Gasteiger partial charge in [0.15, 0.2) is 0 Å². The molecule has 21 heavy (non-hydrogen) atoms. The third kappa shape index (κ3) is 8.81. The highest BCUT2D eigenvalue weighted by molar-refractivity contribution is 5.73. The van der Waals surface area contributed by atoms with Gasteiger partial charge in [0.25, 0.3) is 0 Å². The Morgan fingerprint density at radius 2 is 1.62 bits per heavy atom. The molecular formula is C16H22O5. The van der Waals surface area contributed by atoms with Crippen molar-refractivity contribution in [1.29, 1.82) is 0 Å². The number of benzene rings is 1. The van der Waals surface area contributed by atoms with Gasteiger partial charge in [-0.3, -0.25) is 0 Å². The molecule has 5 nitrogen and oxygen atoms in total. The lowest BCUT2D eigenvalue weighted by Gasteiger charge is -2.08. The van der Waals surface area contributed by atoms with Crippen LogP contribution in [0.25, 0.3) is 0 Å². The highest BCUT2D eigenvalue weighted by Crippen LogP contribution is 1.99. The third-order valence-corrected chi connectivity index (χ3v) is 2.51. The summed E-state index contributed by atoms with van der Waals surface area (Å²) in [4.78, 5) is 22.6. The van der Waals surface area contributed by atoms with Crippen molar-refractivity contribution in [2.24, 2.45) is 5.92 Å². The van der Waals surface area contributed by atoms with Gasteiger partial charge in [0.05, 0.1) is 13.2 Å². The summed E-state index contributed by atoms with van der Waals surface area (Å²) in [6.07, 6.45) is 0.656. The lowest BCUT2D eigenvalue weighted by Crippen LogP contribution is -2.20. The van der Waals surface area contributed by atoms with E-state index in [1.54, 1.807) is 0 Å². The number of carbonyl (C=O) groups excluding carboxylic acids is 2. The number of rotatable bonds is 9. The molecule has 1 aromatic carbocycles. The van der Waals surface area contributed by atoms with Gasteiger partial charge in [-0.1, -0.05) is 44.2 Å². The second-order valence-electron chi connectivity index (χ2n) is 5.03. The quantitative estimate of drug-likeness (QED) is 0.652. The summed E-state index contributed by atoms with van der Waals surface area (Å²) >= 11 is 0. The Hall–Kier alpha value is -1.88. The summed E-state index contributed by atoms with van der Waals surface area (Å²) < 4.78 is 14.9. The molecule has 0 atom stereocenters. The van der Waals surface area contributed by atoms with Gasteiger partial charge in [-0.2, -0.15) is 0 Å². The van der Waals surface area contributed by atoms with Crippen LogP contribution in [0.5, 0.6) is 0 Å². The van der Waals surface area contributed by atoms with E-state index in [4.69, 9.17) is 14.2 Å². The fourth-order valence-electron chi connectivity index (χ4n) is 1.49. The van der Waals surface area contributed by atoms with Crippen molar-refractivity contribution < 1.29 is 23.8 Å². The number of carbonyl (C=O) groups is 2. The SMILES string of the molecule is CC(C)COC(=O)COCC(=O)OCCc1ccccc1. The fraction of sp³-hybridized carbons (Fsp3) is 0.500. The minimum atomic E-state index is -0.484. The minimum Gasteiger partial charge on any atom is -0.464 e. The summed E-state index contributed by atoms with van der Waals surface area (Å²) in [7, 11) is 0. The molecule has 0 bridgehead atoms. The fourth-order valence-corrected chi connectivity index (χ4v) is 1.49. The number of ether oxygens (including phenoxy) is 3. The van der Waals surface area contributed by atoms with Crippen molar-refractivity contribution in [3.63, 3.8) is 0 Å². The first-order valence-corrected chi connectivity index (χ1v) is 7.01. The highest BCUT2D eigenvalue weighted by atomic mass is 16.6. The van der Waals surface area contributed by atoms with Gasteiger partial charge in [-0.15, -0.1) is 0 Å². The van der Waals surface area contributed by atoms with E-state index in [0.717, 1.165) is 5.56 Å². The zero-order valence-corrected chi connectivity index (χ0v) is 12.5. The van der Waals surface area contributed by atoms with Crippen LogP contribution in [0.2, 0.25) is 0 Å². The molecule has 5 heteroatoms. The van der Waals surface area contributed by atoms with E-state index >= 15 is 0 Å². The van der Waals surface area contributed by atoms with Crippen LogP contribution >= 0.6 is 0 Å². The standard InChI is InChI=1S/C16H22O5/c1-13(2)10-21-16(18)12-19-11-15(17)20-9-8-14-6-4-3-5-7-14/h3-7,13H,8-12H2,1-2H3. The maximum Gasteiger partial charge on any atom is 0.332 e. The second-order valence-corrected chi connectivity index (χ2v) is 5.03. The van der Waals surface area contributed by atoms with E-state index in [-0.39, 0.29) is 19.1 Å². The molecule has 0 N–H and O–H groups in total. The van der Waals surface area contributed by atoms with Gasteiger partial charge in [-0.05, 0) is 11.5 Å². The average Bonchev–Trinajstić information content (AvgIpc) is 2.46. The zero-order valence-electron chi connectivity index (χ0n) is 12.5. The largest absolute Gasteiger partial charge is 0.464 e. The average molecular weight is 294 g/mol. The number of hydrogen-bond acceptors (Lipinski definition) is 5. The normalized spacial score (nSPS) is 10.4. The van der Waals surface area contributed by atoms with E-state index in [9.17, 15) is 9.59 Å². The van der Waals surface area contributed by atoms with Crippen molar-refractivity contribution >= 4 is 11.9 Å². The first-order chi connectivity index (χ1) is 10.1. The molecule has 0 aliphatic heterocycles. The van der Waals surface area contributed by atoms with Crippen LogP contribution in [0.3, 0.4) is 0 Å². The maximum absolute atomic E-state index is 11.4. The molecule has 0 aliphatic rings. The molecule has 0 aliphatic carbocycles. The van der Waals surface area contributed by atoms with Crippen LogP contribution in [-0.2, 0) is 30.2 Å². The molecule has 0 heterocycles. The van der Waals surface area contributed by atoms with E-state index < -0.39 is 11.9 Å². The van der Waals surface area contributed by atoms with Crippen molar-refractivity contribution in [3.05, 3.63) is 35.9 Å². The smallest absolute Gasteiger partial charge is 0.332 e. The highest BCUT2D eigenvalue weighted by Gasteiger charge is 2.08. The molecule has 0 saturated heterocycles. The maximum atomic E-state index is 11.4. The van der Waals surface area contributed by atoms with Gasteiger partial charge in [0.2, 0.25) is 0 Å². The van der Waals surface area contributed by atoms with Crippen LogP contribution in [0, 0.1) is 5.92 Å². The van der Waals surface area contributed by atoms with Crippen molar-refractivity contribution in [2.75, 3.05) is 26.4 Å². The van der Waals surface area contributed by atoms with Gasteiger partial charge >= 0.3 is 11.9 Å². The number of esters is 2. The summed E-state index contributed by atoms with van der Waals surface area (Å²) in [5.41, 5.74) is 1.10. The molecule has 1 aromatic rings. The molecular weight excluding hydrogens is 272 g/mol. The molecule has 0 fully saturated rings. The first-order valence-electron chi connectivity index (χ1n) is 7.01. The third-order valence-electron chi connectivity index (χ3n) is 2.51. The van der Waals surface area contributed by atoms with Crippen LogP contribution in [0.1, 0.15) is 19.4 Å². The number of hydrogen-bond donors (Lipinski definition) is 0. The summed E-state index contributed by atoms with van der Waals surface area (Å²) in [5.74, 6) is -0.680. The van der Waals surface area contributed by atoms with Crippen LogP contribution < -0.4 is 0 Å². The Bertz CT molecular complexity index is 428. The van der Waals surface area contributed by atoms with E-state index in [1.807, 2.05) is 44.2 Å². The monoisotopic (exact) mass is 294 g/mol. The van der Waals surface area contributed by atoms with E-state index in [1.165, 1.54) is 0 Å². The molecule has 0 aromatic heterocycles. The second kappa shape index (κ2) is 9.94. The Labute approximate surface area is 125 Å². The van der Waals surface area contributed by atoms with Crippen LogP contribution in [0.15, 0.2) is 30.3 Å². The van der Waals surface area contributed by atoms with Crippen molar-refractivity contribution in [3.8, 4) is 0 Å². The van der Waals surface area contributed by atoms with E-state index in [2.05, 4.69) is 0 Å². The Balaban J connectivity index is 2.05. The summed E-state index contributed by atoms with van der Waals surface area (Å²) in [6.45, 7) is 4.05. The van der Waals surface area contributed by atoms with Crippen molar-refractivity contribution in [1.82, 2.24) is 0 Å². The molecule has 0 saturated carbocycles. The lowest BCUT2D eigenvalue weighted by molar-refractivity contribution is -0.156. The molecule has 0 unspecified atom stereocenters. The van der Waals surface area contributed by atoms with Gasteiger partial charge in [-0.25, -0.2) is 9.59 Å². The Morgan fingerprint density at radius 1 is 1.00 bits per heavy atom. The topological polar surface area (TPSA) is 61.8 Å². The molecule has 1 rings (SSSR count). The van der Waals surface area contributed by atoms with Gasteiger partial charge in [0.1, 0.15) is 13.2 Å².